The number of rotatable bonds is 9. The van der Waals surface area contributed by atoms with Crippen LogP contribution in [0.2, 0.25) is 0 Å². The number of carbonyl (C=O) groups is 1. The van der Waals surface area contributed by atoms with Crippen molar-refractivity contribution in [2.75, 3.05) is 20.3 Å². The van der Waals surface area contributed by atoms with Gasteiger partial charge in [-0.25, -0.2) is 4.79 Å². The van der Waals surface area contributed by atoms with E-state index < -0.39 is 5.97 Å². The van der Waals surface area contributed by atoms with Crippen molar-refractivity contribution >= 4 is 12.0 Å². The summed E-state index contributed by atoms with van der Waals surface area (Å²) in [6.45, 7) is 4.68. The average molecular weight is 356 g/mol. The van der Waals surface area contributed by atoms with E-state index in [0.717, 1.165) is 11.1 Å². The van der Waals surface area contributed by atoms with Crippen LogP contribution in [-0.2, 0) is 20.9 Å². The van der Waals surface area contributed by atoms with Crippen LogP contribution in [0.5, 0.6) is 11.5 Å². The molecule has 0 N–H and O–H groups in total. The third-order valence-electron chi connectivity index (χ3n) is 3.50. The van der Waals surface area contributed by atoms with Crippen molar-refractivity contribution in [3.8, 4) is 11.5 Å². The fraction of sp³-hybridized carbons (Fsp3) is 0.286. The van der Waals surface area contributed by atoms with Crippen molar-refractivity contribution in [1.82, 2.24) is 0 Å². The van der Waals surface area contributed by atoms with Gasteiger partial charge in [-0.3, -0.25) is 0 Å². The second kappa shape index (κ2) is 10.1. The molecule has 0 heterocycles. The van der Waals surface area contributed by atoms with Crippen molar-refractivity contribution in [2.24, 2.45) is 0 Å². The third-order valence-corrected chi connectivity index (χ3v) is 3.50. The second-order valence-electron chi connectivity index (χ2n) is 5.35. The number of esters is 1. The first-order valence-corrected chi connectivity index (χ1v) is 8.54. The molecule has 0 bridgehead atoms. The topological polar surface area (TPSA) is 54.0 Å². The summed E-state index contributed by atoms with van der Waals surface area (Å²) in [6, 6.07) is 15.3. The highest BCUT2D eigenvalue weighted by molar-refractivity contribution is 5.91. The average Bonchev–Trinajstić information content (AvgIpc) is 2.67. The van der Waals surface area contributed by atoms with Crippen molar-refractivity contribution < 1.29 is 23.7 Å². The minimum absolute atomic E-state index is 0.161. The van der Waals surface area contributed by atoms with Crippen molar-refractivity contribution in [3.05, 3.63) is 65.4 Å². The smallest absolute Gasteiger partial charge is 0.373 e. The summed E-state index contributed by atoms with van der Waals surface area (Å²) in [6.07, 6.45) is 1.63. The monoisotopic (exact) mass is 356 g/mol. The van der Waals surface area contributed by atoms with Gasteiger partial charge in [-0.1, -0.05) is 36.4 Å². The summed E-state index contributed by atoms with van der Waals surface area (Å²) in [5.41, 5.74) is 1.82. The lowest BCUT2D eigenvalue weighted by atomic mass is 10.1. The van der Waals surface area contributed by atoms with Crippen LogP contribution in [0, 0.1) is 0 Å². The van der Waals surface area contributed by atoms with Crippen LogP contribution in [0.1, 0.15) is 25.0 Å². The van der Waals surface area contributed by atoms with Gasteiger partial charge in [-0.05, 0) is 43.2 Å². The maximum Gasteiger partial charge on any atom is 0.373 e. The van der Waals surface area contributed by atoms with E-state index in [1.54, 1.807) is 26.2 Å². The van der Waals surface area contributed by atoms with Gasteiger partial charge in [-0.15, -0.1) is 0 Å². The third kappa shape index (κ3) is 5.55. The highest BCUT2D eigenvalue weighted by Gasteiger charge is 2.13. The summed E-state index contributed by atoms with van der Waals surface area (Å²) < 4.78 is 21.6. The minimum atomic E-state index is -0.488. The molecule has 0 radical (unpaired) electrons. The molecule has 0 spiro atoms. The Hall–Kier alpha value is -2.95. The van der Waals surface area contributed by atoms with Crippen molar-refractivity contribution in [2.45, 2.75) is 20.5 Å². The molecule has 0 aliphatic carbocycles. The molecular formula is C21H24O5. The Labute approximate surface area is 154 Å². The lowest BCUT2D eigenvalue weighted by Gasteiger charge is -2.12. The first kappa shape index (κ1) is 19.4. The Bertz CT molecular complexity index is 737. The summed E-state index contributed by atoms with van der Waals surface area (Å²) in [5, 5.41) is 0. The molecule has 2 aromatic rings. The fourth-order valence-electron chi connectivity index (χ4n) is 2.30. The van der Waals surface area contributed by atoms with Crippen molar-refractivity contribution in [3.63, 3.8) is 0 Å². The lowest BCUT2D eigenvalue weighted by Crippen LogP contribution is -2.10. The van der Waals surface area contributed by atoms with Crippen molar-refractivity contribution in [1.29, 1.82) is 0 Å². The summed E-state index contributed by atoms with van der Waals surface area (Å²) in [4.78, 5) is 11.9. The lowest BCUT2D eigenvalue weighted by molar-refractivity contribution is -0.142. The molecule has 0 aliphatic rings. The molecule has 0 saturated carbocycles. The predicted molar refractivity (Wildman–Crippen MR) is 100 cm³/mol. The fourth-order valence-corrected chi connectivity index (χ4v) is 2.30. The molecule has 5 heteroatoms. The largest absolute Gasteiger partial charge is 0.493 e. The number of ether oxygens (including phenoxy) is 4. The van der Waals surface area contributed by atoms with E-state index in [0.29, 0.717) is 31.3 Å². The van der Waals surface area contributed by atoms with Gasteiger partial charge in [0.25, 0.3) is 0 Å². The number of methoxy groups -OCH3 is 1. The Morgan fingerprint density at radius 2 is 1.69 bits per heavy atom. The highest BCUT2D eigenvalue weighted by Crippen LogP contribution is 2.29. The molecule has 0 aliphatic heterocycles. The zero-order valence-corrected chi connectivity index (χ0v) is 15.4. The van der Waals surface area contributed by atoms with Crippen LogP contribution in [0.25, 0.3) is 6.08 Å². The van der Waals surface area contributed by atoms with Crippen LogP contribution in [0.3, 0.4) is 0 Å². The van der Waals surface area contributed by atoms with Gasteiger partial charge in [0.15, 0.2) is 11.5 Å². The summed E-state index contributed by atoms with van der Waals surface area (Å²) in [5.74, 6) is 0.879. The second-order valence-corrected chi connectivity index (χ2v) is 5.35. The van der Waals surface area contributed by atoms with E-state index in [9.17, 15) is 4.79 Å². The van der Waals surface area contributed by atoms with E-state index in [2.05, 4.69) is 0 Å². The SMILES string of the molecule is CCOC(=O)C(=Cc1ccc(OCc2ccccc2)c(OC)c1)OCC. The van der Waals surface area contributed by atoms with Gasteiger partial charge in [0.1, 0.15) is 6.61 Å². The molecule has 0 unspecified atom stereocenters. The first-order valence-electron chi connectivity index (χ1n) is 8.54. The maximum absolute atomic E-state index is 11.9. The van der Waals surface area contributed by atoms with E-state index in [-0.39, 0.29) is 5.76 Å². The van der Waals surface area contributed by atoms with E-state index in [1.165, 1.54) is 0 Å². The first-order chi connectivity index (χ1) is 12.7. The molecule has 2 aromatic carbocycles. The van der Waals surface area contributed by atoms with Gasteiger partial charge in [0, 0.05) is 0 Å². The molecule has 0 saturated heterocycles. The molecule has 0 fully saturated rings. The van der Waals surface area contributed by atoms with Crippen LogP contribution in [-0.4, -0.2) is 26.3 Å². The molecule has 138 valence electrons. The predicted octanol–water partition coefficient (Wildman–Crippen LogP) is 4.21. The zero-order valence-electron chi connectivity index (χ0n) is 15.4. The molecule has 0 atom stereocenters. The number of hydrogen-bond acceptors (Lipinski definition) is 5. The molecular weight excluding hydrogens is 332 g/mol. The van der Waals surface area contributed by atoms with E-state index in [1.807, 2.05) is 49.4 Å². The quantitative estimate of drug-likeness (QED) is 0.383. The van der Waals surface area contributed by atoms with Gasteiger partial charge in [0.2, 0.25) is 5.76 Å². The Morgan fingerprint density at radius 1 is 0.962 bits per heavy atom. The standard InChI is InChI=1S/C21H24O5/c1-4-24-20(21(22)25-5-2)14-17-11-12-18(19(13-17)23-3)26-15-16-9-7-6-8-10-16/h6-14H,4-5,15H2,1-3H3. The Balaban J connectivity index is 2.18. The van der Waals surface area contributed by atoms with E-state index >= 15 is 0 Å². The molecule has 2 rings (SSSR count). The molecule has 26 heavy (non-hydrogen) atoms. The number of hydrogen-bond donors (Lipinski definition) is 0. The maximum atomic E-state index is 11.9. The van der Waals surface area contributed by atoms with Crippen LogP contribution >= 0.6 is 0 Å². The molecule has 0 amide bonds. The zero-order chi connectivity index (χ0) is 18.8. The van der Waals surface area contributed by atoms with Crippen LogP contribution in [0.4, 0.5) is 0 Å². The van der Waals surface area contributed by atoms with E-state index in [4.69, 9.17) is 18.9 Å². The van der Waals surface area contributed by atoms with Crippen LogP contribution < -0.4 is 9.47 Å². The Morgan fingerprint density at radius 3 is 2.35 bits per heavy atom. The van der Waals surface area contributed by atoms with Gasteiger partial charge in [0.05, 0.1) is 20.3 Å². The molecule has 5 nitrogen and oxygen atoms in total. The van der Waals surface area contributed by atoms with Gasteiger partial charge in [-0.2, -0.15) is 0 Å². The van der Waals surface area contributed by atoms with Crippen LogP contribution in [0.15, 0.2) is 54.3 Å². The normalized spacial score (nSPS) is 11.0. The minimum Gasteiger partial charge on any atom is -0.493 e. The van der Waals surface area contributed by atoms with Gasteiger partial charge >= 0.3 is 5.97 Å². The number of benzene rings is 2. The highest BCUT2D eigenvalue weighted by atomic mass is 16.6. The number of carbonyl (C=O) groups excluding carboxylic acids is 1. The Kier molecular flexibility index (Phi) is 7.55. The summed E-state index contributed by atoms with van der Waals surface area (Å²) in [7, 11) is 1.58. The molecule has 0 aromatic heterocycles. The summed E-state index contributed by atoms with van der Waals surface area (Å²) >= 11 is 0. The van der Waals surface area contributed by atoms with Gasteiger partial charge < -0.3 is 18.9 Å².